The molecule has 1 rings (SSSR count). The van der Waals surface area contributed by atoms with Crippen molar-refractivity contribution in [3.63, 3.8) is 0 Å². The molecule has 1 aromatic rings. The molecule has 7 heteroatoms. The number of halogens is 1. The molecule has 0 heterocycles. The molecule has 4 N–H and O–H groups in total. The van der Waals surface area contributed by atoms with Gasteiger partial charge in [0.25, 0.3) is 0 Å². The first-order chi connectivity index (χ1) is 8.09. The van der Waals surface area contributed by atoms with Crippen molar-refractivity contribution in [3.8, 4) is 0 Å². The minimum atomic E-state index is -3.23. The molecule has 0 unspecified atom stereocenters. The summed E-state index contributed by atoms with van der Waals surface area (Å²) in [7, 11) is -3.23. The molecule has 0 saturated heterocycles. The third-order valence-corrected chi connectivity index (χ3v) is 3.61. The molecule has 0 aliphatic carbocycles. The summed E-state index contributed by atoms with van der Waals surface area (Å²) in [5.41, 5.74) is 6.62. The zero-order valence-electron chi connectivity index (χ0n) is 10.6. The van der Waals surface area contributed by atoms with Crippen LogP contribution in [-0.4, -0.2) is 26.8 Å². The van der Waals surface area contributed by atoms with Gasteiger partial charge in [-0.25, -0.2) is 13.1 Å². The number of nitrogen functional groups attached to an aromatic ring is 1. The Morgan fingerprint density at radius 1 is 1.39 bits per heavy atom. The van der Waals surface area contributed by atoms with E-state index in [-0.39, 0.29) is 0 Å². The maximum Gasteiger partial charge on any atom is 0.209 e. The zero-order chi connectivity index (χ0) is 14.0. The average Bonchev–Trinajstić information content (AvgIpc) is 2.16. The highest BCUT2D eigenvalue weighted by Crippen LogP contribution is 2.23. The van der Waals surface area contributed by atoms with Crippen molar-refractivity contribution < 1.29 is 8.42 Å². The molecule has 0 saturated carbocycles. The van der Waals surface area contributed by atoms with E-state index < -0.39 is 15.6 Å². The highest BCUT2D eigenvalue weighted by molar-refractivity contribution is 9.10. The normalized spacial score (nSPS) is 12.4. The Morgan fingerprint density at radius 3 is 2.56 bits per heavy atom. The van der Waals surface area contributed by atoms with Gasteiger partial charge in [0.15, 0.2) is 0 Å². The van der Waals surface area contributed by atoms with Crippen LogP contribution in [0.15, 0.2) is 22.7 Å². The van der Waals surface area contributed by atoms with Crippen LogP contribution in [0, 0.1) is 0 Å². The lowest BCUT2D eigenvalue weighted by Crippen LogP contribution is -2.47. The Labute approximate surface area is 116 Å². The molecule has 0 amide bonds. The predicted octanol–water partition coefficient (Wildman–Crippen LogP) is 1.77. The first kappa shape index (κ1) is 15.3. The Hall–Kier alpha value is -0.790. The van der Waals surface area contributed by atoms with Crippen LogP contribution in [0.4, 0.5) is 11.4 Å². The van der Waals surface area contributed by atoms with Crippen LogP contribution >= 0.6 is 15.9 Å². The molecule has 0 fully saturated rings. The molecule has 1 aromatic carbocycles. The molecule has 0 aliphatic heterocycles. The molecule has 5 nitrogen and oxygen atoms in total. The van der Waals surface area contributed by atoms with Crippen molar-refractivity contribution in [1.82, 2.24) is 4.72 Å². The molecule has 0 aromatic heterocycles. The van der Waals surface area contributed by atoms with E-state index in [0.717, 1.165) is 16.4 Å². The molecule has 0 spiro atoms. The fourth-order valence-corrected chi connectivity index (χ4v) is 2.97. The van der Waals surface area contributed by atoms with Gasteiger partial charge in [-0.2, -0.15) is 0 Å². The SMILES string of the molecule is CC(C)(CNc1cc(Br)ccc1N)NS(C)(=O)=O. The number of sulfonamides is 1. The van der Waals surface area contributed by atoms with Crippen LogP contribution in [-0.2, 0) is 10.0 Å². The van der Waals surface area contributed by atoms with Crippen LogP contribution in [0.2, 0.25) is 0 Å². The fraction of sp³-hybridized carbons (Fsp3) is 0.455. The summed E-state index contributed by atoms with van der Waals surface area (Å²) in [6.45, 7) is 4.03. The van der Waals surface area contributed by atoms with Gasteiger partial charge in [-0.15, -0.1) is 0 Å². The maximum atomic E-state index is 11.2. The van der Waals surface area contributed by atoms with Gasteiger partial charge in [-0.05, 0) is 32.0 Å². The lowest BCUT2D eigenvalue weighted by atomic mass is 10.1. The van der Waals surface area contributed by atoms with E-state index in [2.05, 4.69) is 26.0 Å². The van der Waals surface area contributed by atoms with E-state index in [1.54, 1.807) is 19.9 Å². The Kier molecular flexibility index (Phi) is 4.63. The number of anilines is 2. The van der Waals surface area contributed by atoms with Crippen LogP contribution in [0.3, 0.4) is 0 Å². The Morgan fingerprint density at radius 2 is 2.00 bits per heavy atom. The molecular weight excluding hydrogens is 318 g/mol. The van der Waals surface area contributed by atoms with Gasteiger partial charge >= 0.3 is 0 Å². The van der Waals surface area contributed by atoms with Crippen LogP contribution in [0.1, 0.15) is 13.8 Å². The second-order valence-corrected chi connectivity index (χ2v) is 7.51. The zero-order valence-corrected chi connectivity index (χ0v) is 13.0. The summed E-state index contributed by atoms with van der Waals surface area (Å²) in [5, 5.41) is 3.13. The standard InChI is InChI=1S/C11H18BrN3O2S/c1-11(2,15-18(3,16)17)7-14-10-6-8(12)4-5-9(10)13/h4-6,14-15H,7,13H2,1-3H3. The van der Waals surface area contributed by atoms with E-state index >= 15 is 0 Å². The number of benzene rings is 1. The van der Waals surface area contributed by atoms with E-state index in [4.69, 9.17) is 5.73 Å². The average molecular weight is 336 g/mol. The van der Waals surface area contributed by atoms with E-state index in [0.29, 0.717) is 12.2 Å². The third kappa shape index (κ3) is 5.24. The summed E-state index contributed by atoms with van der Waals surface area (Å²) >= 11 is 3.36. The summed E-state index contributed by atoms with van der Waals surface area (Å²) in [5.74, 6) is 0. The predicted molar refractivity (Wildman–Crippen MR) is 79.1 cm³/mol. The van der Waals surface area contributed by atoms with Gasteiger partial charge in [0.2, 0.25) is 10.0 Å². The van der Waals surface area contributed by atoms with Crippen LogP contribution in [0.5, 0.6) is 0 Å². The number of nitrogens with two attached hydrogens (primary N) is 1. The maximum absolute atomic E-state index is 11.2. The van der Waals surface area contributed by atoms with Crippen molar-refractivity contribution in [2.45, 2.75) is 19.4 Å². The van der Waals surface area contributed by atoms with E-state index in [1.165, 1.54) is 0 Å². The first-order valence-electron chi connectivity index (χ1n) is 5.37. The number of rotatable bonds is 5. The molecule has 0 atom stereocenters. The Bertz CT molecular complexity index is 529. The highest BCUT2D eigenvalue weighted by atomic mass is 79.9. The monoisotopic (exact) mass is 335 g/mol. The van der Waals surface area contributed by atoms with Crippen LogP contribution in [0.25, 0.3) is 0 Å². The molecule has 0 radical (unpaired) electrons. The molecule has 102 valence electrons. The largest absolute Gasteiger partial charge is 0.397 e. The van der Waals surface area contributed by atoms with Gasteiger partial charge in [-0.1, -0.05) is 15.9 Å². The summed E-state index contributed by atoms with van der Waals surface area (Å²) in [4.78, 5) is 0. The first-order valence-corrected chi connectivity index (χ1v) is 8.05. The summed E-state index contributed by atoms with van der Waals surface area (Å²) < 4.78 is 25.9. The molecular formula is C11H18BrN3O2S. The van der Waals surface area contributed by atoms with E-state index in [1.807, 2.05) is 12.1 Å². The van der Waals surface area contributed by atoms with Gasteiger partial charge in [0.1, 0.15) is 0 Å². The number of hydrogen-bond acceptors (Lipinski definition) is 4. The fourth-order valence-electron chi connectivity index (χ4n) is 1.54. The quantitative estimate of drug-likeness (QED) is 0.716. The van der Waals surface area contributed by atoms with E-state index in [9.17, 15) is 8.42 Å². The number of hydrogen-bond donors (Lipinski definition) is 3. The second-order valence-electron chi connectivity index (χ2n) is 4.84. The van der Waals surface area contributed by atoms with Crippen molar-refractivity contribution in [2.75, 3.05) is 23.9 Å². The minimum absolute atomic E-state index is 0.431. The van der Waals surface area contributed by atoms with Crippen LogP contribution < -0.4 is 15.8 Å². The Balaban J connectivity index is 2.72. The van der Waals surface area contributed by atoms with Gasteiger partial charge in [-0.3, -0.25) is 0 Å². The molecule has 0 aliphatic rings. The van der Waals surface area contributed by atoms with Crippen molar-refractivity contribution in [3.05, 3.63) is 22.7 Å². The lowest BCUT2D eigenvalue weighted by Gasteiger charge is -2.26. The highest BCUT2D eigenvalue weighted by Gasteiger charge is 2.22. The lowest BCUT2D eigenvalue weighted by molar-refractivity contribution is 0.476. The van der Waals surface area contributed by atoms with Crippen molar-refractivity contribution in [2.24, 2.45) is 0 Å². The van der Waals surface area contributed by atoms with Gasteiger partial charge in [0.05, 0.1) is 17.6 Å². The van der Waals surface area contributed by atoms with Crippen molar-refractivity contribution in [1.29, 1.82) is 0 Å². The molecule has 0 bridgehead atoms. The molecule has 18 heavy (non-hydrogen) atoms. The summed E-state index contributed by atoms with van der Waals surface area (Å²) in [6.07, 6.45) is 1.14. The third-order valence-electron chi connectivity index (χ3n) is 2.20. The minimum Gasteiger partial charge on any atom is -0.397 e. The number of nitrogens with one attached hydrogen (secondary N) is 2. The van der Waals surface area contributed by atoms with Gasteiger partial charge in [0, 0.05) is 16.6 Å². The van der Waals surface area contributed by atoms with Gasteiger partial charge < -0.3 is 11.1 Å². The van der Waals surface area contributed by atoms with Crippen molar-refractivity contribution >= 4 is 37.3 Å². The second kappa shape index (κ2) is 5.46. The smallest absolute Gasteiger partial charge is 0.209 e. The summed E-state index contributed by atoms with van der Waals surface area (Å²) in [6, 6.07) is 5.48. The topological polar surface area (TPSA) is 84.2 Å².